The van der Waals surface area contributed by atoms with Gasteiger partial charge < -0.3 is 9.64 Å². The number of piperidine rings is 1. The molecular weight excluding hydrogens is 447 g/mol. The van der Waals surface area contributed by atoms with Gasteiger partial charge in [-0.2, -0.15) is 4.98 Å². The number of hydrogen-bond acceptors (Lipinski definition) is 7. The van der Waals surface area contributed by atoms with E-state index in [4.69, 9.17) is 4.74 Å². The topological polar surface area (TPSA) is 94.0 Å². The van der Waals surface area contributed by atoms with Crippen LogP contribution in [0, 0.1) is 12.7 Å². The van der Waals surface area contributed by atoms with Crippen LogP contribution in [0.4, 0.5) is 4.39 Å². The summed E-state index contributed by atoms with van der Waals surface area (Å²) < 4.78 is 19.8. The first kappa shape index (κ1) is 22.5. The predicted molar refractivity (Wildman–Crippen MR) is 126 cm³/mol. The fraction of sp³-hybridized carbons (Fsp3) is 0.231. The van der Waals surface area contributed by atoms with Gasteiger partial charge in [0.25, 0.3) is 5.91 Å². The summed E-state index contributed by atoms with van der Waals surface area (Å²) in [6, 6.07) is 10.9. The lowest BCUT2D eigenvalue weighted by atomic mass is 9.99. The molecule has 0 N–H and O–H groups in total. The smallest absolute Gasteiger partial charge is 0.254 e. The number of nitrogens with zero attached hydrogens (tertiary/aromatic N) is 6. The van der Waals surface area contributed by atoms with Gasteiger partial charge in [0.15, 0.2) is 17.4 Å². The average molecular weight is 471 g/mol. The Hall–Kier alpha value is -4.27. The number of rotatable bonds is 5. The summed E-state index contributed by atoms with van der Waals surface area (Å²) in [6.45, 7) is 2.40. The third-order valence-electron chi connectivity index (χ3n) is 5.82. The molecule has 0 radical (unpaired) electrons. The van der Waals surface area contributed by atoms with Crippen molar-refractivity contribution >= 4 is 5.91 Å². The fourth-order valence-electron chi connectivity index (χ4n) is 4.16. The van der Waals surface area contributed by atoms with Gasteiger partial charge in [-0.3, -0.25) is 9.78 Å². The van der Waals surface area contributed by atoms with Gasteiger partial charge in [-0.15, -0.1) is 0 Å². The molecule has 176 valence electrons. The maximum Gasteiger partial charge on any atom is 0.254 e. The Kier molecular flexibility index (Phi) is 6.38. The zero-order valence-corrected chi connectivity index (χ0v) is 19.1. The number of hydrogen-bond donors (Lipinski definition) is 0. The van der Waals surface area contributed by atoms with Gasteiger partial charge in [0.2, 0.25) is 5.88 Å². The molecule has 0 aliphatic carbocycles. The lowest BCUT2D eigenvalue weighted by Gasteiger charge is -2.35. The van der Waals surface area contributed by atoms with Crippen molar-refractivity contribution in [3.05, 3.63) is 90.3 Å². The minimum Gasteiger partial charge on any atom is -0.436 e. The predicted octanol–water partition coefficient (Wildman–Crippen LogP) is 4.94. The van der Waals surface area contributed by atoms with Crippen molar-refractivity contribution in [2.75, 3.05) is 6.54 Å². The van der Waals surface area contributed by atoms with Crippen molar-refractivity contribution in [2.24, 2.45) is 0 Å². The maximum absolute atomic E-state index is 14.1. The molecule has 9 heteroatoms. The SMILES string of the molecule is Cc1cc(Oc2ccccc2F)nc([C@H]2CCCCN2C(=O)c2ccnc(-c3cncnc3)c2)n1. The van der Waals surface area contributed by atoms with Crippen molar-refractivity contribution in [3.63, 3.8) is 0 Å². The number of carbonyl (C=O) groups excluding carboxylic acids is 1. The number of carbonyl (C=O) groups is 1. The lowest BCUT2D eigenvalue weighted by molar-refractivity contribution is 0.0598. The minimum absolute atomic E-state index is 0.0855. The van der Waals surface area contributed by atoms with Crippen LogP contribution in [-0.2, 0) is 0 Å². The molecule has 35 heavy (non-hydrogen) atoms. The molecule has 0 saturated carbocycles. The van der Waals surface area contributed by atoms with Gasteiger partial charge in [-0.1, -0.05) is 12.1 Å². The van der Waals surface area contributed by atoms with Gasteiger partial charge >= 0.3 is 0 Å². The van der Waals surface area contributed by atoms with E-state index in [0.29, 0.717) is 29.3 Å². The highest BCUT2D eigenvalue weighted by atomic mass is 19.1. The van der Waals surface area contributed by atoms with Gasteiger partial charge in [-0.25, -0.2) is 19.3 Å². The Morgan fingerprint density at radius 1 is 1.09 bits per heavy atom. The number of benzene rings is 1. The summed E-state index contributed by atoms with van der Waals surface area (Å²) in [6.07, 6.45) is 8.92. The molecule has 1 aliphatic rings. The molecule has 1 amide bonds. The first-order valence-corrected chi connectivity index (χ1v) is 11.4. The van der Waals surface area contributed by atoms with Crippen LogP contribution < -0.4 is 4.74 Å². The number of pyridine rings is 1. The standard InChI is InChI=1S/C26H23FN6O2/c1-17-12-24(35-23-8-3-2-6-20(23)27)32-25(31-17)22-7-4-5-11-33(22)26(34)18-9-10-30-21(13-18)19-14-28-16-29-15-19/h2-3,6,8-10,12-16,22H,4-5,7,11H2,1H3/t22-/m1/s1. The van der Waals surface area contributed by atoms with E-state index in [1.165, 1.54) is 12.4 Å². The first-order valence-electron chi connectivity index (χ1n) is 11.4. The second-order valence-corrected chi connectivity index (χ2v) is 8.31. The van der Waals surface area contributed by atoms with Gasteiger partial charge in [0.05, 0.1) is 11.7 Å². The van der Waals surface area contributed by atoms with E-state index in [0.717, 1.165) is 24.8 Å². The highest BCUT2D eigenvalue weighted by molar-refractivity contribution is 5.95. The molecular formula is C26H23FN6O2. The molecule has 4 aromatic rings. The molecule has 0 unspecified atom stereocenters. The second-order valence-electron chi connectivity index (χ2n) is 8.31. The van der Waals surface area contributed by atoms with Crippen molar-refractivity contribution < 1.29 is 13.9 Å². The summed E-state index contributed by atoms with van der Waals surface area (Å²) >= 11 is 0. The molecule has 4 heterocycles. The van der Waals surface area contributed by atoms with Crippen molar-refractivity contribution in [3.8, 4) is 22.9 Å². The molecule has 1 fully saturated rings. The summed E-state index contributed by atoms with van der Waals surface area (Å²) in [4.78, 5) is 37.0. The molecule has 8 nitrogen and oxygen atoms in total. The summed E-state index contributed by atoms with van der Waals surface area (Å²) in [5.74, 6) is 0.206. The van der Waals surface area contributed by atoms with Gasteiger partial charge in [-0.05, 0) is 50.5 Å². The zero-order valence-electron chi connectivity index (χ0n) is 19.1. The van der Waals surface area contributed by atoms with Crippen molar-refractivity contribution in [2.45, 2.75) is 32.2 Å². The lowest BCUT2D eigenvalue weighted by Crippen LogP contribution is -2.39. The van der Waals surface area contributed by atoms with Gasteiger partial charge in [0, 0.05) is 48.0 Å². The zero-order chi connectivity index (χ0) is 24.2. The van der Waals surface area contributed by atoms with Crippen molar-refractivity contribution in [1.29, 1.82) is 0 Å². The van der Waals surface area contributed by atoms with E-state index in [2.05, 4.69) is 24.9 Å². The normalized spacial score (nSPS) is 15.6. The number of ether oxygens (including phenoxy) is 1. The van der Waals surface area contributed by atoms with Crippen LogP contribution in [0.1, 0.15) is 47.2 Å². The molecule has 0 spiro atoms. The first-order chi connectivity index (χ1) is 17.1. The Balaban J connectivity index is 1.44. The van der Waals surface area contributed by atoms with Crippen LogP contribution >= 0.6 is 0 Å². The maximum atomic E-state index is 14.1. The van der Waals surface area contributed by atoms with E-state index in [1.807, 2.05) is 6.92 Å². The van der Waals surface area contributed by atoms with Crippen LogP contribution in [-0.4, -0.2) is 42.3 Å². The Morgan fingerprint density at radius 3 is 2.74 bits per heavy atom. The number of aromatic nitrogens is 5. The largest absolute Gasteiger partial charge is 0.436 e. The molecule has 3 aromatic heterocycles. The Bertz CT molecular complexity index is 1350. The second kappa shape index (κ2) is 9.92. The molecule has 1 aliphatic heterocycles. The summed E-state index contributed by atoms with van der Waals surface area (Å²) in [7, 11) is 0. The molecule has 5 rings (SSSR count). The quantitative estimate of drug-likeness (QED) is 0.408. The number of para-hydroxylation sites is 1. The molecule has 0 bridgehead atoms. The van der Waals surface area contributed by atoms with Gasteiger partial charge in [0.1, 0.15) is 6.33 Å². The van der Waals surface area contributed by atoms with E-state index in [9.17, 15) is 9.18 Å². The molecule has 1 saturated heterocycles. The highest BCUT2D eigenvalue weighted by Crippen LogP contribution is 2.32. The monoisotopic (exact) mass is 470 g/mol. The molecule has 1 atom stereocenters. The number of likely N-dealkylation sites (tertiary alicyclic amines) is 1. The number of halogens is 1. The Morgan fingerprint density at radius 2 is 1.91 bits per heavy atom. The number of amides is 1. The molecule has 1 aromatic carbocycles. The third-order valence-corrected chi connectivity index (χ3v) is 5.82. The van der Waals surface area contributed by atoms with Crippen LogP contribution in [0.2, 0.25) is 0 Å². The highest BCUT2D eigenvalue weighted by Gasteiger charge is 2.31. The summed E-state index contributed by atoms with van der Waals surface area (Å²) in [5.41, 5.74) is 2.54. The van der Waals surface area contributed by atoms with Crippen molar-refractivity contribution in [1.82, 2.24) is 29.8 Å². The van der Waals surface area contributed by atoms with E-state index < -0.39 is 5.82 Å². The van der Waals surface area contributed by atoms with E-state index in [1.54, 1.807) is 59.9 Å². The summed E-state index contributed by atoms with van der Waals surface area (Å²) in [5, 5.41) is 0. The fourth-order valence-corrected chi connectivity index (χ4v) is 4.16. The third kappa shape index (κ3) is 4.98. The van der Waals surface area contributed by atoms with E-state index in [-0.39, 0.29) is 23.6 Å². The van der Waals surface area contributed by atoms with Crippen LogP contribution in [0.25, 0.3) is 11.3 Å². The number of aryl methyl sites for hydroxylation is 1. The Labute approximate surface area is 201 Å². The van der Waals surface area contributed by atoms with Crippen LogP contribution in [0.15, 0.2) is 67.4 Å². The average Bonchev–Trinajstić information content (AvgIpc) is 2.90. The minimum atomic E-state index is -0.475. The van der Waals surface area contributed by atoms with Crippen LogP contribution in [0.3, 0.4) is 0 Å². The van der Waals surface area contributed by atoms with E-state index >= 15 is 0 Å². The van der Waals surface area contributed by atoms with Crippen LogP contribution in [0.5, 0.6) is 11.6 Å².